The van der Waals surface area contributed by atoms with E-state index < -0.39 is 0 Å². The van der Waals surface area contributed by atoms with Gasteiger partial charge in [-0.05, 0) is 0 Å². The molecular formula is C19H18N2O5. The quantitative estimate of drug-likeness (QED) is 0.728. The Hall–Kier alpha value is -3.48. The number of carbonyl (C=O) groups is 1. The van der Waals surface area contributed by atoms with Crippen LogP contribution in [0, 0.1) is 0 Å². The van der Waals surface area contributed by atoms with Crippen LogP contribution in [0.4, 0.5) is 5.69 Å². The fraction of sp³-hybridized carbons (Fsp3) is 0.158. The van der Waals surface area contributed by atoms with Gasteiger partial charge in [-0.3, -0.25) is 4.79 Å². The average Bonchev–Trinajstić information content (AvgIpc) is 3.17. The van der Waals surface area contributed by atoms with Crippen molar-refractivity contribution in [1.29, 1.82) is 0 Å². The molecule has 0 fully saturated rings. The fourth-order valence-corrected chi connectivity index (χ4v) is 2.55. The lowest BCUT2D eigenvalue weighted by atomic mass is 10.1. The molecule has 2 aromatic carbocycles. The molecule has 0 aliphatic carbocycles. The summed E-state index contributed by atoms with van der Waals surface area (Å²) < 4.78 is 21.1. The monoisotopic (exact) mass is 354 g/mol. The molecule has 0 saturated carbocycles. The molecule has 1 heterocycles. The Balaban J connectivity index is 1.91. The van der Waals surface area contributed by atoms with E-state index in [4.69, 9.17) is 18.7 Å². The summed E-state index contributed by atoms with van der Waals surface area (Å²) in [6, 6.07) is 12.6. The Morgan fingerprint density at radius 2 is 1.65 bits per heavy atom. The standard InChI is InChI=1S/C19H18N2O5/c1-23-15-9-13(10-16(24-2)18(15)25-3)21-19(22)14-11-20-26-17(14)12-7-5-4-6-8-12/h4-11H,1-3H3,(H,21,22). The lowest BCUT2D eigenvalue weighted by Crippen LogP contribution is -2.12. The highest BCUT2D eigenvalue weighted by atomic mass is 16.5. The van der Waals surface area contributed by atoms with Crippen LogP contribution in [0.2, 0.25) is 0 Å². The van der Waals surface area contributed by atoms with Gasteiger partial charge in [0, 0.05) is 23.4 Å². The number of nitrogens with one attached hydrogen (secondary N) is 1. The van der Waals surface area contributed by atoms with Crippen molar-refractivity contribution in [2.75, 3.05) is 26.6 Å². The molecule has 3 rings (SSSR count). The number of carbonyl (C=O) groups excluding carboxylic acids is 1. The first-order valence-electron chi connectivity index (χ1n) is 7.79. The number of aromatic nitrogens is 1. The molecule has 0 radical (unpaired) electrons. The van der Waals surface area contributed by atoms with E-state index in [-0.39, 0.29) is 5.91 Å². The molecule has 0 unspecified atom stereocenters. The zero-order chi connectivity index (χ0) is 18.5. The summed E-state index contributed by atoms with van der Waals surface area (Å²) in [7, 11) is 4.54. The average molecular weight is 354 g/mol. The predicted octanol–water partition coefficient (Wildman–Crippen LogP) is 3.62. The van der Waals surface area contributed by atoms with Gasteiger partial charge in [0.1, 0.15) is 5.56 Å². The Labute approximate surface area is 150 Å². The summed E-state index contributed by atoms with van der Waals surface area (Å²) in [5, 5.41) is 6.55. The van der Waals surface area contributed by atoms with Crippen LogP contribution in [0.3, 0.4) is 0 Å². The van der Waals surface area contributed by atoms with E-state index >= 15 is 0 Å². The second-order valence-corrected chi connectivity index (χ2v) is 5.30. The van der Waals surface area contributed by atoms with Crippen molar-refractivity contribution >= 4 is 11.6 Å². The molecule has 3 aromatic rings. The van der Waals surface area contributed by atoms with Gasteiger partial charge in [-0.15, -0.1) is 0 Å². The number of hydrogen-bond acceptors (Lipinski definition) is 6. The third-order valence-electron chi connectivity index (χ3n) is 3.77. The maximum absolute atomic E-state index is 12.7. The smallest absolute Gasteiger partial charge is 0.261 e. The van der Waals surface area contributed by atoms with Gasteiger partial charge in [0.05, 0.1) is 27.5 Å². The summed E-state index contributed by atoms with van der Waals surface area (Å²) >= 11 is 0. The Kier molecular flexibility index (Phi) is 5.07. The molecule has 1 N–H and O–H groups in total. The van der Waals surface area contributed by atoms with Crippen molar-refractivity contribution in [1.82, 2.24) is 5.16 Å². The van der Waals surface area contributed by atoms with Crippen molar-refractivity contribution in [2.24, 2.45) is 0 Å². The normalized spacial score (nSPS) is 10.3. The molecule has 0 bridgehead atoms. The molecule has 0 saturated heterocycles. The molecule has 0 spiro atoms. The molecule has 0 aliphatic heterocycles. The summed E-state index contributed by atoms with van der Waals surface area (Å²) in [5.74, 6) is 1.37. The molecule has 1 aromatic heterocycles. The zero-order valence-corrected chi connectivity index (χ0v) is 14.6. The van der Waals surface area contributed by atoms with E-state index in [9.17, 15) is 4.79 Å². The summed E-state index contributed by atoms with van der Waals surface area (Å²) in [6.07, 6.45) is 1.38. The minimum absolute atomic E-state index is 0.324. The molecule has 7 heteroatoms. The molecule has 134 valence electrons. The molecule has 26 heavy (non-hydrogen) atoms. The Morgan fingerprint density at radius 1 is 1.00 bits per heavy atom. The van der Waals surface area contributed by atoms with E-state index in [1.807, 2.05) is 30.3 Å². The number of rotatable bonds is 6. The molecule has 1 amide bonds. The molecular weight excluding hydrogens is 336 g/mol. The highest BCUT2D eigenvalue weighted by molar-refractivity contribution is 6.07. The van der Waals surface area contributed by atoms with Crippen LogP contribution >= 0.6 is 0 Å². The number of nitrogens with zero attached hydrogens (tertiary/aromatic N) is 1. The summed E-state index contributed by atoms with van der Waals surface area (Å²) in [6.45, 7) is 0. The molecule has 0 atom stereocenters. The lowest BCUT2D eigenvalue weighted by Gasteiger charge is -2.14. The van der Waals surface area contributed by atoms with Crippen LogP contribution in [0.15, 0.2) is 53.2 Å². The first kappa shape index (κ1) is 17.3. The third-order valence-corrected chi connectivity index (χ3v) is 3.77. The highest BCUT2D eigenvalue weighted by Gasteiger charge is 2.20. The minimum atomic E-state index is -0.362. The van der Waals surface area contributed by atoms with Gasteiger partial charge in [-0.2, -0.15) is 0 Å². The van der Waals surface area contributed by atoms with E-state index in [0.717, 1.165) is 5.56 Å². The second kappa shape index (κ2) is 7.60. The topological polar surface area (TPSA) is 82.8 Å². The first-order chi connectivity index (χ1) is 12.7. The van der Waals surface area contributed by atoms with Crippen LogP contribution in [0.25, 0.3) is 11.3 Å². The van der Waals surface area contributed by atoms with E-state index in [0.29, 0.717) is 34.3 Å². The van der Waals surface area contributed by atoms with Crippen molar-refractivity contribution < 1.29 is 23.5 Å². The largest absolute Gasteiger partial charge is 0.493 e. The van der Waals surface area contributed by atoms with Gasteiger partial charge in [-0.1, -0.05) is 35.5 Å². The van der Waals surface area contributed by atoms with E-state index in [1.54, 1.807) is 12.1 Å². The maximum Gasteiger partial charge on any atom is 0.261 e. The predicted molar refractivity (Wildman–Crippen MR) is 96.0 cm³/mol. The van der Waals surface area contributed by atoms with Crippen molar-refractivity contribution in [3.63, 3.8) is 0 Å². The van der Waals surface area contributed by atoms with E-state index in [1.165, 1.54) is 27.5 Å². The van der Waals surface area contributed by atoms with Crippen molar-refractivity contribution in [3.05, 3.63) is 54.2 Å². The fourth-order valence-electron chi connectivity index (χ4n) is 2.55. The number of ether oxygens (including phenoxy) is 3. The number of hydrogen-bond donors (Lipinski definition) is 1. The first-order valence-corrected chi connectivity index (χ1v) is 7.79. The van der Waals surface area contributed by atoms with Crippen LogP contribution in [-0.4, -0.2) is 32.4 Å². The third kappa shape index (κ3) is 3.32. The van der Waals surface area contributed by atoms with Gasteiger partial charge in [-0.25, -0.2) is 0 Å². The van der Waals surface area contributed by atoms with Crippen LogP contribution in [-0.2, 0) is 0 Å². The number of benzene rings is 2. The van der Waals surface area contributed by atoms with Gasteiger partial charge >= 0.3 is 0 Å². The van der Waals surface area contributed by atoms with Gasteiger partial charge in [0.15, 0.2) is 17.3 Å². The number of amides is 1. The van der Waals surface area contributed by atoms with Crippen molar-refractivity contribution in [3.8, 4) is 28.6 Å². The summed E-state index contributed by atoms with van der Waals surface area (Å²) in [5.41, 5.74) is 1.58. The number of anilines is 1. The highest BCUT2D eigenvalue weighted by Crippen LogP contribution is 2.40. The Bertz CT molecular complexity index is 880. The zero-order valence-electron chi connectivity index (χ0n) is 14.6. The lowest BCUT2D eigenvalue weighted by molar-refractivity contribution is 0.102. The molecule has 7 nitrogen and oxygen atoms in total. The second-order valence-electron chi connectivity index (χ2n) is 5.30. The molecule has 0 aliphatic rings. The van der Waals surface area contributed by atoms with Crippen LogP contribution in [0.1, 0.15) is 10.4 Å². The van der Waals surface area contributed by atoms with Crippen LogP contribution in [0.5, 0.6) is 17.2 Å². The SMILES string of the molecule is COc1cc(NC(=O)c2cnoc2-c2ccccc2)cc(OC)c1OC. The van der Waals surface area contributed by atoms with Gasteiger partial charge < -0.3 is 24.1 Å². The summed E-state index contributed by atoms with van der Waals surface area (Å²) in [4.78, 5) is 12.7. The Morgan fingerprint density at radius 3 is 2.23 bits per heavy atom. The van der Waals surface area contributed by atoms with Gasteiger partial charge in [0.2, 0.25) is 5.75 Å². The minimum Gasteiger partial charge on any atom is -0.493 e. The maximum atomic E-state index is 12.7. The van der Waals surface area contributed by atoms with E-state index in [2.05, 4.69) is 10.5 Å². The van der Waals surface area contributed by atoms with Crippen LogP contribution < -0.4 is 19.5 Å². The number of methoxy groups -OCH3 is 3. The van der Waals surface area contributed by atoms with Crippen molar-refractivity contribution in [2.45, 2.75) is 0 Å². The van der Waals surface area contributed by atoms with Gasteiger partial charge in [0.25, 0.3) is 5.91 Å².